The predicted octanol–water partition coefficient (Wildman–Crippen LogP) is 1.37. The Morgan fingerprint density at radius 1 is 1.53 bits per heavy atom. The third kappa shape index (κ3) is 1.59. The van der Waals surface area contributed by atoms with E-state index in [1.54, 1.807) is 0 Å². The zero-order valence-corrected chi connectivity index (χ0v) is 9.19. The van der Waals surface area contributed by atoms with Crippen molar-refractivity contribution in [1.29, 1.82) is 0 Å². The number of aliphatic hydroxyl groups is 1. The lowest BCUT2D eigenvalue weighted by atomic mass is 9.79. The quantitative estimate of drug-likeness (QED) is 0.811. The van der Waals surface area contributed by atoms with Gasteiger partial charge in [-0.25, -0.2) is 0 Å². The Balaban J connectivity index is 1.75. The van der Waals surface area contributed by atoms with Gasteiger partial charge in [0, 0.05) is 19.9 Å². The van der Waals surface area contributed by atoms with E-state index >= 15 is 0 Å². The minimum absolute atomic E-state index is 0.155. The summed E-state index contributed by atoms with van der Waals surface area (Å²) in [5.41, 5.74) is 1.29. The summed E-state index contributed by atoms with van der Waals surface area (Å²) >= 11 is 0. The van der Waals surface area contributed by atoms with Gasteiger partial charge in [0.2, 0.25) is 0 Å². The Bertz CT molecular complexity index is 361. The van der Waals surface area contributed by atoms with Gasteiger partial charge < -0.3 is 5.11 Å². The number of fused-ring (bicyclic) bond motifs is 1. The molecule has 0 spiro atoms. The molecule has 0 amide bonds. The number of aliphatic hydroxyl groups excluding tert-OH is 1. The summed E-state index contributed by atoms with van der Waals surface area (Å²) in [6.07, 6.45) is 6.77. The number of rotatable bonds is 3. The van der Waals surface area contributed by atoms with Crippen LogP contribution < -0.4 is 0 Å². The van der Waals surface area contributed by atoms with Gasteiger partial charge in [-0.3, -0.25) is 4.68 Å². The second-order valence-electron chi connectivity index (χ2n) is 5.48. The maximum absolute atomic E-state index is 9.59. The molecule has 3 rings (SSSR count). The Morgan fingerprint density at radius 2 is 2.27 bits per heavy atom. The summed E-state index contributed by atoms with van der Waals surface area (Å²) in [4.78, 5) is 0. The van der Waals surface area contributed by atoms with Crippen molar-refractivity contribution in [2.75, 3.05) is 6.61 Å². The second-order valence-corrected chi connectivity index (χ2v) is 5.48. The van der Waals surface area contributed by atoms with Gasteiger partial charge in [-0.1, -0.05) is 0 Å². The molecular weight excluding hydrogens is 188 g/mol. The lowest BCUT2D eigenvalue weighted by Crippen LogP contribution is -2.26. The number of hydrogen-bond acceptors (Lipinski definition) is 2. The molecule has 2 aliphatic carbocycles. The highest BCUT2D eigenvalue weighted by molar-refractivity contribution is 5.10. The summed E-state index contributed by atoms with van der Waals surface area (Å²) in [6, 6.07) is 2.07. The summed E-state index contributed by atoms with van der Waals surface area (Å²) in [5, 5.41) is 14.0. The van der Waals surface area contributed by atoms with Crippen LogP contribution in [0.3, 0.4) is 0 Å². The van der Waals surface area contributed by atoms with Crippen LogP contribution in [0.2, 0.25) is 0 Å². The highest BCUT2D eigenvalue weighted by atomic mass is 16.3. The molecule has 2 unspecified atom stereocenters. The van der Waals surface area contributed by atoms with Crippen molar-refractivity contribution in [2.24, 2.45) is 24.3 Å². The monoisotopic (exact) mass is 206 g/mol. The summed E-state index contributed by atoms with van der Waals surface area (Å²) in [5.74, 6) is 1.83. The van der Waals surface area contributed by atoms with Crippen LogP contribution in [0.1, 0.15) is 25.0 Å². The largest absolute Gasteiger partial charge is 0.396 e. The zero-order valence-electron chi connectivity index (χ0n) is 9.19. The lowest BCUT2D eigenvalue weighted by Gasteiger charge is -2.27. The molecule has 1 aromatic rings. The summed E-state index contributed by atoms with van der Waals surface area (Å²) in [6.45, 7) is 0.330. The van der Waals surface area contributed by atoms with Crippen LogP contribution in [0.4, 0.5) is 0 Å². The van der Waals surface area contributed by atoms with Crippen molar-refractivity contribution in [2.45, 2.75) is 25.7 Å². The Labute approximate surface area is 90.1 Å². The van der Waals surface area contributed by atoms with E-state index in [0.717, 1.165) is 24.0 Å². The molecule has 1 aromatic heterocycles. The molecule has 3 heteroatoms. The number of hydrogen-bond donors (Lipinski definition) is 1. The molecule has 2 atom stereocenters. The van der Waals surface area contributed by atoms with Gasteiger partial charge in [0.15, 0.2) is 0 Å². The molecule has 1 heterocycles. The van der Waals surface area contributed by atoms with E-state index in [4.69, 9.17) is 0 Å². The lowest BCUT2D eigenvalue weighted by molar-refractivity contribution is 0.116. The summed E-state index contributed by atoms with van der Waals surface area (Å²) < 4.78 is 1.84. The minimum atomic E-state index is 0.155. The Morgan fingerprint density at radius 3 is 2.80 bits per heavy atom. The molecule has 0 aliphatic heterocycles. The number of aromatic nitrogens is 2. The third-order valence-electron chi connectivity index (χ3n) is 4.12. The zero-order chi connectivity index (χ0) is 10.5. The molecule has 0 radical (unpaired) electrons. The second kappa shape index (κ2) is 3.08. The summed E-state index contributed by atoms with van der Waals surface area (Å²) in [7, 11) is 1.95. The minimum Gasteiger partial charge on any atom is -0.396 e. The molecule has 1 N–H and O–H groups in total. The van der Waals surface area contributed by atoms with Gasteiger partial charge in [0.05, 0.1) is 5.69 Å². The van der Waals surface area contributed by atoms with E-state index in [-0.39, 0.29) is 5.41 Å². The molecular formula is C12H18N2O. The van der Waals surface area contributed by atoms with Crippen molar-refractivity contribution < 1.29 is 5.11 Å². The van der Waals surface area contributed by atoms with E-state index < -0.39 is 0 Å². The fourth-order valence-corrected chi connectivity index (χ4v) is 3.28. The van der Waals surface area contributed by atoms with Gasteiger partial charge in [-0.15, -0.1) is 0 Å². The van der Waals surface area contributed by atoms with Crippen molar-refractivity contribution in [3.63, 3.8) is 0 Å². The van der Waals surface area contributed by atoms with E-state index in [0.29, 0.717) is 6.61 Å². The van der Waals surface area contributed by atoms with Crippen LogP contribution in [-0.4, -0.2) is 21.5 Å². The Kier molecular flexibility index (Phi) is 1.93. The van der Waals surface area contributed by atoms with Crippen LogP contribution in [0.25, 0.3) is 0 Å². The molecule has 2 aliphatic rings. The predicted molar refractivity (Wildman–Crippen MR) is 57.3 cm³/mol. The highest BCUT2D eigenvalue weighted by Crippen LogP contribution is 2.60. The first-order chi connectivity index (χ1) is 7.21. The van der Waals surface area contributed by atoms with Gasteiger partial charge in [-0.05, 0) is 49.0 Å². The third-order valence-corrected chi connectivity index (χ3v) is 4.12. The number of aryl methyl sites for hydroxylation is 1. The van der Waals surface area contributed by atoms with E-state index in [9.17, 15) is 5.11 Å². The SMILES string of the molecule is Cn1ccc(CC2(CO)CC3CC3C2)n1. The average Bonchev–Trinajstić information content (AvgIpc) is 2.65. The Hall–Kier alpha value is -0.830. The highest BCUT2D eigenvalue weighted by Gasteiger charge is 2.53. The normalized spacial score (nSPS) is 38.0. The first kappa shape index (κ1) is 9.40. The molecule has 2 fully saturated rings. The van der Waals surface area contributed by atoms with Gasteiger partial charge in [0.1, 0.15) is 0 Å². The van der Waals surface area contributed by atoms with Crippen LogP contribution in [-0.2, 0) is 13.5 Å². The smallest absolute Gasteiger partial charge is 0.0630 e. The molecule has 0 bridgehead atoms. The van der Waals surface area contributed by atoms with Gasteiger partial charge >= 0.3 is 0 Å². The molecule has 15 heavy (non-hydrogen) atoms. The molecule has 0 saturated heterocycles. The molecule has 0 aromatic carbocycles. The fraction of sp³-hybridized carbons (Fsp3) is 0.750. The molecule has 3 nitrogen and oxygen atoms in total. The van der Waals surface area contributed by atoms with E-state index in [2.05, 4.69) is 11.2 Å². The fourth-order valence-electron chi connectivity index (χ4n) is 3.28. The first-order valence-electron chi connectivity index (χ1n) is 5.80. The van der Waals surface area contributed by atoms with Crippen LogP contribution in [0.5, 0.6) is 0 Å². The van der Waals surface area contributed by atoms with Crippen molar-refractivity contribution in [3.05, 3.63) is 18.0 Å². The van der Waals surface area contributed by atoms with Crippen molar-refractivity contribution >= 4 is 0 Å². The molecule has 82 valence electrons. The van der Waals surface area contributed by atoms with Gasteiger partial charge in [0.25, 0.3) is 0 Å². The molecule has 2 saturated carbocycles. The van der Waals surface area contributed by atoms with Crippen LogP contribution in [0.15, 0.2) is 12.3 Å². The van der Waals surface area contributed by atoms with Crippen molar-refractivity contribution in [3.8, 4) is 0 Å². The van der Waals surface area contributed by atoms with Crippen LogP contribution in [0, 0.1) is 17.3 Å². The standard InChI is InChI=1S/C12H18N2O/c1-14-3-2-11(13-14)7-12(8-15)5-9-4-10(9)6-12/h2-3,9-10,15H,4-8H2,1H3. The van der Waals surface area contributed by atoms with Gasteiger partial charge in [-0.2, -0.15) is 5.10 Å². The van der Waals surface area contributed by atoms with Crippen LogP contribution >= 0.6 is 0 Å². The van der Waals surface area contributed by atoms with E-state index in [1.165, 1.54) is 19.3 Å². The number of nitrogens with zero attached hydrogens (tertiary/aromatic N) is 2. The van der Waals surface area contributed by atoms with E-state index in [1.807, 2.05) is 17.9 Å². The maximum atomic E-state index is 9.59. The average molecular weight is 206 g/mol. The maximum Gasteiger partial charge on any atom is 0.0630 e. The topological polar surface area (TPSA) is 38.0 Å². The first-order valence-corrected chi connectivity index (χ1v) is 5.80. The van der Waals surface area contributed by atoms with Crippen molar-refractivity contribution in [1.82, 2.24) is 9.78 Å².